The van der Waals surface area contributed by atoms with E-state index in [1.807, 2.05) is 13.8 Å². The van der Waals surface area contributed by atoms with Crippen LogP contribution in [-0.2, 0) is 4.74 Å². The highest BCUT2D eigenvalue weighted by Crippen LogP contribution is 2.32. The third-order valence-corrected chi connectivity index (χ3v) is 1.76. The summed E-state index contributed by atoms with van der Waals surface area (Å²) in [6.07, 6.45) is 1.23. The fraction of sp³-hybridized carbons (Fsp3) is 1.00. The van der Waals surface area contributed by atoms with E-state index in [0.717, 1.165) is 19.7 Å². The highest BCUT2D eigenvalue weighted by atomic mass is 16.6. The Morgan fingerprint density at radius 1 is 1.44 bits per heavy atom. The van der Waals surface area contributed by atoms with Gasteiger partial charge in [0.2, 0.25) is 0 Å². The van der Waals surface area contributed by atoms with Gasteiger partial charge in [0, 0.05) is 6.54 Å². The SMILES string of the molecule is C1CC2(CN1)CO2.CC. The van der Waals surface area contributed by atoms with E-state index in [9.17, 15) is 0 Å². The molecule has 1 N–H and O–H groups in total. The minimum atomic E-state index is 0.333. The van der Waals surface area contributed by atoms with Crippen LogP contribution in [0.1, 0.15) is 20.3 Å². The number of epoxide rings is 1. The van der Waals surface area contributed by atoms with Gasteiger partial charge in [-0.25, -0.2) is 0 Å². The van der Waals surface area contributed by atoms with Gasteiger partial charge in [-0.1, -0.05) is 13.8 Å². The minimum absolute atomic E-state index is 0.333. The fourth-order valence-corrected chi connectivity index (χ4v) is 1.07. The Labute approximate surface area is 56.6 Å². The predicted molar refractivity (Wildman–Crippen MR) is 37.5 cm³/mol. The largest absolute Gasteiger partial charge is 0.368 e. The number of rotatable bonds is 0. The Kier molecular flexibility index (Phi) is 2.09. The van der Waals surface area contributed by atoms with Crippen molar-refractivity contribution in [3.63, 3.8) is 0 Å². The summed E-state index contributed by atoms with van der Waals surface area (Å²) in [6.45, 7) is 7.24. The van der Waals surface area contributed by atoms with Gasteiger partial charge >= 0.3 is 0 Å². The summed E-state index contributed by atoms with van der Waals surface area (Å²) in [5.41, 5.74) is 0.333. The summed E-state index contributed by atoms with van der Waals surface area (Å²) < 4.78 is 5.19. The molecule has 0 saturated carbocycles. The predicted octanol–water partition coefficient (Wildman–Crippen LogP) is 0.775. The van der Waals surface area contributed by atoms with E-state index in [2.05, 4.69) is 5.32 Å². The third kappa shape index (κ3) is 1.43. The number of ether oxygens (including phenoxy) is 1. The van der Waals surface area contributed by atoms with E-state index in [4.69, 9.17) is 4.74 Å². The molecule has 2 aliphatic rings. The van der Waals surface area contributed by atoms with Crippen molar-refractivity contribution in [1.82, 2.24) is 5.32 Å². The highest BCUT2D eigenvalue weighted by molar-refractivity contribution is 4.98. The van der Waals surface area contributed by atoms with Gasteiger partial charge in [-0.15, -0.1) is 0 Å². The molecule has 0 aromatic rings. The first-order valence-electron chi connectivity index (χ1n) is 3.76. The summed E-state index contributed by atoms with van der Waals surface area (Å²) in [5, 5.41) is 3.25. The zero-order valence-corrected chi connectivity index (χ0v) is 6.24. The first kappa shape index (κ1) is 7.03. The molecule has 1 spiro atoms. The molecule has 2 heterocycles. The maximum atomic E-state index is 5.19. The average molecular weight is 129 g/mol. The smallest absolute Gasteiger partial charge is 0.105 e. The first-order chi connectivity index (χ1) is 4.41. The molecule has 2 saturated heterocycles. The lowest BCUT2D eigenvalue weighted by atomic mass is 10.1. The number of nitrogens with one attached hydrogen (secondary N) is 1. The summed E-state index contributed by atoms with van der Waals surface area (Å²) in [4.78, 5) is 0. The number of hydrogen-bond acceptors (Lipinski definition) is 2. The molecule has 0 amide bonds. The van der Waals surface area contributed by atoms with Gasteiger partial charge in [0.15, 0.2) is 0 Å². The zero-order valence-electron chi connectivity index (χ0n) is 6.24. The second-order valence-electron chi connectivity index (χ2n) is 2.40. The van der Waals surface area contributed by atoms with Crippen molar-refractivity contribution in [2.24, 2.45) is 0 Å². The second kappa shape index (κ2) is 2.67. The van der Waals surface area contributed by atoms with Gasteiger partial charge in [0.05, 0.1) is 6.61 Å². The van der Waals surface area contributed by atoms with Gasteiger partial charge in [-0.3, -0.25) is 0 Å². The lowest BCUT2D eigenvalue weighted by Crippen LogP contribution is -2.14. The number of hydrogen-bond donors (Lipinski definition) is 1. The second-order valence-corrected chi connectivity index (χ2v) is 2.40. The van der Waals surface area contributed by atoms with Crippen LogP contribution in [0.2, 0.25) is 0 Å². The third-order valence-electron chi connectivity index (χ3n) is 1.76. The van der Waals surface area contributed by atoms with E-state index in [1.54, 1.807) is 0 Å². The van der Waals surface area contributed by atoms with Crippen LogP contribution in [0.4, 0.5) is 0 Å². The lowest BCUT2D eigenvalue weighted by molar-refractivity contribution is 0.323. The van der Waals surface area contributed by atoms with E-state index in [-0.39, 0.29) is 0 Å². The van der Waals surface area contributed by atoms with Crippen molar-refractivity contribution in [3.05, 3.63) is 0 Å². The van der Waals surface area contributed by atoms with Crippen LogP contribution in [0.25, 0.3) is 0 Å². The molecule has 54 valence electrons. The van der Waals surface area contributed by atoms with Gasteiger partial charge in [-0.2, -0.15) is 0 Å². The molecule has 1 unspecified atom stereocenters. The lowest BCUT2D eigenvalue weighted by Gasteiger charge is -1.92. The molecule has 0 aliphatic carbocycles. The van der Waals surface area contributed by atoms with Gasteiger partial charge < -0.3 is 10.1 Å². The molecule has 2 nitrogen and oxygen atoms in total. The molecule has 0 radical (unpaired) electrons. The summed E-state index contributed by atoms with van der Waals surface area (Å²) >= 11 is 0. The Morgan fingerprint density at radius 2 is 2.11 bits per heavy atom. The van der Waals surface area contributed by atoms with Crippen molar-refractivity contribution in [1.29, 1.82) is 0 Å². The van der Waals surface area contributed by atoms with Gasteiger partial charge in [0.1, 0.15) is 5.60 Å². The molecule has 9 heavy (non-hydrogen) atoms. The quantitative estimate of drug-likeness (QED) is 0.489. The first-order valence-corrected chi connectivity index (χ1v) is 3.76. The van der Waals surface area contributed by atoms with E-state index < -0.39 is 0 Å². The van der Waals surface area contributed by atoms with Crippen molar-refractivity contribution >= 4 is 0 Å². The highest BCUT2D eigenvalue weighted by Gasteiger charge is 2.46. The molecule has 0 aromatic carbocycles. The van der Waals surface area contributed by atoms with Crippen LogP contribution < -0.4 is 5.32 Å². The topological polar surface area (TPSA) is 24.6 Å². The Bertz CT molecular complexity index is 80.9. The van der Waals surface area contributed by atoms with Crippen LogP contribution in [0, 0.1) is 0 Å². The molecule has 2 rings (SSSR count). The Morgan fingerprint density at radius 3 is 2.33 bits per heavy atom. The molecule has 0 bridgehead atoms. The van der Waals surface area contributed by atoms with Crippen molar-refractivity contribution < 1.29 is 4.74 Å². The molecule has 1 atom stereocenters. The molecule has 2 heteroatoms. The summed E-state index contributed by atoms with van der Waals surface area (Å²) in [7, 11) is 0. The van der Waals surface area contributed by atoms with Crippen molar-refractivity contribution in [2.45, 2.75) is 25.9 Å². The van der Waals surface area contributed by atoms with Crippen LogP contribution in [0.3, 0.4) is 0 Å². The molecule has 2 aliphatic heterocycles. The average Bonchev–Trinajstić information content (AvgIpc) is 2.46. The van der Waals surface area contributed by atoms with Gasteiger partial charge in [-0.05, 0) is 13.0 Å². The van der Waals surface area contributed by atoms with Crippen LogP contribution >= 0.6 is 0 Å². The van der Waals surface area contributed by atoms with Crippen LogP contribution in [0.5, 0.6) is 0 Å². The molecular formula is C7H15NO. The van der Waals surface area contributed by atoms with Crippen molar-refractivity contribution in [3.8, 4) is 0 Å². The van der Waals surface area contributed by atoms with Crippen LogP contribution in [0.15, 0.2) is 0 Å². The molecule has 0 aromatic heterocycles. The maximum Gasteiger partial charge on any atom is 0.105 e. The van der Waals surface area contributed by atoms with E-state index in [1.165, 1.54) is 6.42 Å². The standard InChI is InChI=1S/C5H9NO.C2H6/c1-2-6-3-5(1)4-7-5;1-2/h6H,1-4H2;1-2H3. The fourth-order valence-electron chi connectivity index (χ4n) is 1.07. The monoisotopic (exact) mass is 129 g/mol. The zero-order chi connectivity index (χ0) is 6.74. The Balaban J connectivity index is 0.000000186. The van der Waals surface area contributed by atoms with Crippen molar-refractivity contribution in [2.75, 3.05) is 19.7 Å². The van der Waals surface area contributed by atoms with E-state index in [0.29, 0.717) is 5.60 Å². The summed E-state index contributed by atoms with van der Waals surface area (Å²) in [5.74, 6) is 0. The van der Waals surface area contributed by atoms with Gasteiger partial charge in [0.25, 0.3) is 0 Å². The Hall–Kier alpha value is -0.0800. The maximum absolute atomic E-state index is 5.19. The molecule has 2 fully saturated rings. The normalized spacial score (nSPS) is 38.0. The van der Waals surface area contributed by atoms with E-state index >= 15 is 0 Å². The molecular weight excluding hydrogens is 114 g/mol. The minimum Gasteiger partial charge on any atom is -0.368 e. The van der Waals surface area contributed by atoms with Crippen LogP contribution in [-0.4, -0.2) is 25.3 Å². The summed E-state index contributed by atoms with van der Waals surface area (Å²) in [6, 6.07) is 0.